The Morgan fingerprint density at radius 3 is 1.38 bits per heavy atom. The van der Waals surface area contributed by atoms with Crippen LogP contribution in [0.4, 0.5) is 11.4 Å². The van der Waals surface area contributed by atoms with Gasteiger partial charge < -0.3 is 0 Å². The minimum absolute atomic E-state index is 0.0520. The van der Waals surface area contributed by atoms with E-state index in [0.29, 0.717) is 11.1 Å². The summed E-state index contributed by atoms with van der Waals surface area (Å²) in [6.07, 6.45) is 0. The molecule has 148 valence electrons. The molecule has 2 heterocycles. The van der Waals surface area contributed by atoms with Crippen LogP contribution in [0.2, 0.25) is 0 Å². The zero-order valence-electron chi connectivity index (χ0n) is 16.8. The smallest absolute Gasteiger partial charge is 0.177 e. The topological polar surface area (TPSA) is 58.9 Å². The molecule has 4 aromatic rings. The van der Waals surface area contributed by atoms with Crippen molar-refractivity contribution in [3.63, 3.8) is 0 Å². The van der Waals surface area contributed by atoms with Crippen molar-refractivity contribution in [1.82, 2.24) is 0 Å². The Bertz CT molecular complexity index is 1550. The van der Waals surface area contributed by atoms with Gasteiger partial charge in [-0.1, -0.05) is 48.5 Å². The van der Waals surface area contributed by atoms with Crippen LogP contribution < -0.4 is 0 Å². The third kappa shape index (κ3) is 1.73. The number of hydrogen-bond acceptors (Lipinski definition) is 4. The summed E-state index contributed by atoms with van der Waals surface area (Å²) in [6.45, 7) is 0. The lowest BCUT2D eigenvalue weighted by Gasteiger charge is -2.29. The van der Waals surface area contributed by atoms with Crippen LogP contribution in [0.3, 0.4) is 0 Å². The van der Waals surface area contributed by atoms with E-state index in [1.54, 1.807) is 0 Å². The first kappa shape index (κ1) is 16.5. The summed E-state index contributed by atoms with van der Waals surface area (Å²) in [6, 6.07) is 23.5. The largest absolute Gasteiger partial charge is 0.293 e. The second kappa shape index (κ2) is 5.35. The second-order valence-corrected chi connectivity index (χ2v) is 8.78. The zero-order chi connectivity index (χ0) is 21.1. The average molecular weight is 410 g/mol. The molecule has 32 heavy (non-hydrogen) atoms. The lowest BCUT2D eigenvalue weighted by atomic mass is 9.71. The highest BCUT2D eigenvalue weighted by molar-refractivity contribution is 6.41. The molecule has 2 unspecified atom stereocenters. The second-order valence-electron chi connectivity index (χ2n) is 8.78. The Morgan fingerprint density at radius 2 is 0.906 bits per heavy atom. The van der Waals surface area contributed by atoms with Crippen molar-refractivity contribution in [1.29, 1.82) is 0 Å². The molecule has 8 rings (SSSR count). The fourth-order valence-electron chi connectivity index (χ4n) is 5.96. The zero-order valence-corrected chi connectivity index (χ0v) is 16.8. The van der Waals surface area contributed by atoms with E-state index >= 15 is 0 Å². The van der Waals surface area contributed by atoms with Crippen molar-refractivity contribution in [2.45, 2.75) is 11.8 Å². The van der Waals surface area contributed by atoms with Crippen LogP contribution in [0.5, 0.6) is 0 Å². The number of nitrogens with zero attached hydrogens (tertiary/aromatic N) is 2. The molecule has 0 saturated heterocycles. The van der Waals surface area contributed by atoms with Gasteiger partial charge in [-0.15, -0.1) is 0 Å². The molecule has 4 aliphatic rings. The van der Waals surface area contributed by atoms with Crippen molar-refractivity contribution in [3.05, 3.63) is 106 Å². The van der Waals surface area contributed by atoms with Crippen LogP contribution in [-0.2, 0) is 0 Å². The summed E-state index contributed by atoms with van der Waals surface area (Å²) in [5.74, 6) is -0.650. The molecule has 0 N–H and O–H groups in total. The van der Waals surface area contributed by atoms with E-state index in [4.69, 9.17) is 9.98 Å². The van der Waals surface area contributed by atoms with E-state index in [1.165, 1.54) is 0 Å². The molecule has 4 aromatic carbocycles. The summed E-state index contributed by atoms with van der Waals surface area (Å²) in [5, 5.41) is 1.69. The van der Waals surface area contributed by atoms with Gasteiger partial charge in [-0.05, 0) is 35.4 Å². The van der Waals surface area contributed by atoms with Crippen molar-refractivity contribution in [2.75, 3.05) is 0 Å². The van der Waals surface area contributed by atoms with Crippen LogP contribution in [-0.4, -0.2) is 23.0 Å². The van der Waals surface area contributed by atoms with Crippen molar-refractivity contribution >= 4 is 45.1 Å². The van der Waals surface area contributed by atoms with E-state index in [9.17, 15) is 9.59 Å². The number of ketones is 2. The highest BCUT2D eigenvalue weighted by Gasteiger charge is 2.44. The molecular formula is C28H14N2O2. The fraction of sp³-hybridized carbons (Fsp3) is 0.0714. The maximum absolute atomic E-state index is 13.7. The van der Waals surface area contributed by atoms with Crippen molar-refractivity contribution < 1.29 is 9.59 Å². The van der Waals surface area contributed by atoms with Crippen molar-refractivity contribution in [2.24, 2.45) is 9.98 Å². The number of carbonyl (C=O) groups excluding carboxylic acids is 2. The normalized spacial score (nSPS) is 21.0. The predicted molar refractivity (Wildman–Crippen MR) is 123 cm³/mol. The molecule has 0 aromatic heterocycles. The van der Waals surface area contributed by atoms with Crippen LogP contribution in [0, 0.1) is 0 Å². The van der Waals surface area contributed by atoms with Gasteiger partial charge >= 0.3 is 0 Å². The van der Waals surface area contributed by atoms with Gasteiger partial charge in [0, 0.05) is 33.0 Å². The molecule has 2 aliphatic heterocycles. The number of aliphatic imine (C=N–C) groups is 2. The maximum atomic E-state index is 13.7. The minimum atomic E-state index is -0.377. The number of rotatable bonds is 0. The van der Waals surface area contributed by atoms with Crippen LogP contribution in [0.25, 0.3) is 10.8 Å². The SMILES string of the molecule is O=C1c2ccc3c4c(ccc(c24)C2=Nc4ccccc4C12)C1=Nc2ccccc2C1C3=O. The Labute approximate surface area is 183 Å². The van der Waals surface area contributed by atoms with Gasteiger partial charge in [-0.25, -0.2) is 0 Å². The highest BCUT2D eigenvalue weighted by Crippen LogP contribution is 2.50. The Hall–Kier alpha value is -4.18. The summed E-state index contributed by atoms with van der Waals surface area (Å²) in [4.78, 5) is 37.0. The van der Waals surface area contributed by atoms with E-state index in [-0.39, 0.29) is 23.4 Å². The number of benzene rings is 4. The molecule has 4 heteroatoms. The molecule has 0 spiro atoms. The maximum Gasteiger partial charge on any atom is 0.177 e. The highest BCUT2D eigenvalue weighted by atomic mass is 16.1. The molecule has 0 amide bonds. The van der Waals surface area contributed by atoms with E-state index < -0.39 is 0 Å². The number of Topliss-reactive ketones (excluding diaryl/α,β-unsaturated/α-hetero) is 2. The van der Waals surface area contributed by atoms with Gasteiger partial charge in [-0.3, -0.25) is 19.6 Å². The van der Waals surface area contributed by atoms with Gasteiger partial charge in [0.2, 0.25) is 0 Å². The Kier molecular flexibility index (Phi) is 2.76. The third-order valence-corrected chi connectivity index (χ3v) is 7.29. The summed E-state index contributed by atoms with van der Waals surface area (Å²) in [7, 11) is 0. The lowest BCUT2D eigenvalue weighted by molar-refractivity contribution is 0.0973. The van der Waals surface area contributed by atoms with Gasteiger partial charge in [0.25, 0.3) is 0 Å². The summed E-state index contributed by atoms with van der Waals surface area (Å²) < 4.78 is 0. The molecule has 0 radical (unpaired) electrons. The van der Waals surface area contributed by atoms with Gasteiger partial charge in [-0.2, -0.15) is 0 Å². The molecule has 4 nitrogen and oxygen atoms in total. The lowest BCUT2D eigenvalue weighted by Crippen LogP contribution is -2.30. The van der Waals surface area contributed by atoms with E-state index in [1.807, 2.05) is 60.7 Å². The molecule has 0 bridgehead atoms. The fourth-order valence-corrected chi connectivity index (χ4v) is 5.96. The number of carbonyl (C=O) groups is 2. The molecule has 2 atom stereocenters. The number of para-hydroxylation sites is 2. The molecule has 0 fully saturated rings. The van der Waals surface area contributed by atoms with Crippen LogP contribution in [0.1, 0.15) is 54.8 Å². The quantitative estimate of drug-likeness (QED) is 0.375. The minimum Gasteiger partial charge on any atom is -0.293 e. The Morgan fingerprint density at radius 1 is 0.500 bits per heavy atom. The third-order valence-electron chi connectivity index (χ3n) is 7.29. The summed E-state index contributed by atoms with van der Waals surface area (Å²) >= 11 is 0. The molecule has 0 saturated carbocycles. The Balaban J connectivity index is 1.46. The standard InChI is InChI=1S/C28H14N2O2/c31-27-17-11-12-18-22-16(26-24(28(18)32)14-6-2-4-8-20(14)30-26)10-9-15(21(17)22)25-23(27)13-5-1-3-7-19(13)29-25/h1-12,23-24H. The van der Waals surface area contributed by atoms with Crippen LogP contribution in [0.15, 0.2) is 82.8 Å². The van der Waals surface area contributed by atoms with E-state index in [0.717, 1.165) is 55.8 Å². The number of hydrogen-bond donors (Lipinski definition) is 0. The van der Waals surface area contributed by atoms with Gasteiger partial charge in [0.15, 0.2) is 11.6 Å². The first-order chi connectivity index (χ1) is 15.7. The first-order valence-electron chi connectivity index (χ1n) is 10.8. The van der Waals surface area contributed by atoms with Crippen molar-refractivity contribution in [3.8, 4) is 0 Å². The van der Waals surface area contributed by atoms with Gasteiger partial charge in [0.05, 0.1) is 34.6 Å². The summed E-state index contributed by atoms with van der Waals surface area (Å²) in [5.41, 5.74) is 8.43. The van der Waals surface area contributed by atoms with E-state index in [2.05, 4.69) is 12.1 Å². The average Bonchev–Trinajstić information content (AvgIpc) is 3.40. The predicted octanol–water partition coefficient (Wildman–Crippen LogP) is 5.67. The van der Waals surface area contributed by atoms with Gasteiger partial charge in [0.1, 0.15) is 0 Å². The first-order valence-corrected chi connectivity index (χ1v) is 10.8. The number of fused-ring (bicyclic) bond motifs is 8. The van der Waals surface area contributed by atoms with Crippen LogP contribution >= 0.6 is 0 Å². The monoisotopic (exact) mass is 410 g/mol. The molecule has 2 aliphatic carbocycles. The molecular weight excluding hydrogens is 396 g/mol.